The molecule has 0 spiro atoms. The van der Waals surface area contributed by atoms with Crippen LogP contribution in [0.15, 0.2) is 55.0 Å². The number of benzene rings is 1. The summed E-state index contributed by atoms with van der Waals surface area (Å²) in [7, 11) is 2.05. The van der Waals surface area contributed by atoms with Crippen molar-refractivity contribution >= 4 is 11.2 Å². The lowest BCUT2D eigenvalue weighted by molar-refractivity contribution is -0.646. The molecule has 16 heavy (non-hydrogen) atoms. The standard InChI is InChI=1S/C13H12N3/c1-15-10-16(11-6-3-2-4-7-11)13-12(15)8-5-9-14-13/h2-10H,1H3/q+1/p+1. The van der Waals surface area contributed by atoms with Crippen LogP contribution in [-0.2, 0) is 7.05 Å². The number of para-hydroxylation sites is 1. The lowest BCUT2D eigenvalue weighted by Crippen LogP contribution is -2.25. The first-order chi connectivity index (χ1) is 7.86. The molecule has 0 amide bonds. The summed E-state index contributed by atoms with van der Waals surface area (Å²) >= 11 is 0. The predicted molar refractivity (Wildman–Crippen MR) is 61.0 cm³/mol. The third-order valence-electron chi connectivity index (χ3n) is 2.76. The Morgan fingerprint density at radius 2 is 1.88 bits per heavy atom. The minimum Gasteiger partial charge on any atom is -0.243 e. The minimum atomic E-state index is 1.11. The summed E-state index contributed by atoms with van der Waals surface area (Å²) in [5.41, 5.74) is 3.46. The van der Waals surface area contributed by atoms with E-state index < -0.39 is 0 Å². The first-order valence-electron chi connectivity index (χ1n) is 5.29. The third kappa shape index (κ3) is 1.29. The van der Waals surface area contributed by atoms with Crippen molar-refractivity contribution in [2.75, 3.05) is 0 Å². The molecule has 0 aliphatic carbocycles. The monoisotopic (exact) mass is 211 g/mol. The van der Waals surface area contributed by atoms with Crippen molar-refractivity contribution < 1.29 is 9.55 Å². The molecule has 0 saturated heterocycles. The number of aryl methyl sites for hydroxylation is 1. The molecule has 0 saturated carbocycles. The smallest absolute Gasteiger partial charge is 0.243 e. The van der Waals surface area contributed by atoms with Crippen LogP contribution >= 0.6 is 0 Å². The fraction of sp³-hybridized carbons (Fsp3) is 0.0769. The Balaban J connectivity index is 2.33. The van der Waals surface area contributed by atoms with Crippen molar-refractivity contribution in [1.82, 2.24) is 4.57 Å². The first-order valence-corrected chi connectivity index (χ1v) is 5.29. The van der Waals surface area contributed by atoms with E-state index in [-0.39, 0.29) is 0 Å². The number of imidazole rings is 1. The van der Waals surface area contributed by atoms with Crippen LogP contribution in [0.1, 0.15) is 0 Å². The third-order valence-corrected chi connectivity index (χ3v) is 2.76. The summed E-state index contributed by atoms with van der Waals surface area (Å²) in [6.45, 7) is 0. The van der Waals surface area contributed by atoms with Crippen molar-refractivity contribution in [2.24, 2.45) is 7.05 Å². The molecule has 3 rings (SSSR count). The largest absolute Gasteiger partial charge is 0.335 e. The Hall–Kier alpha value is -2.16. The van der Waals surface area contributed by atoms with E-state index in [4.69, 9.17) is 0 Å². The van der Waals surface area contributed by atoms with Crippen LogP contribution in [0.2, 0.25) is 0 Å². The number of hydrogen-bond donors (Lipinski definition) is 0. The van der Waals surface area contributed by atoms with Gasteiger partial charge < -0.3 is 0 Å². The highest BCUT2D eigenvalue weighted by Crippen LogP contribution is 2.11. The van der Waals surface area contributed by atoms with Gasteiger partial charge in [0, 0.05) is 0 Å². The molecule has 1 aromatic carbocycles. The molecule has 0 aliphatic heterocycles. The molecular formula is C13H13N3+2. The number of pyridine rings is 1. The minimum absolute atomic E-state index is 1.11. The van der Waals surface area contributed by atoms with Gasteiger partial charge in [-0.1, -0.05) is 18.2 Å². The van der Waals surface area contributed by atoms with Crippen molar-refractivity contribution in [2.45, 2.75) is 0 Å². The van der Waals surface area contributed by atoms with Gasteiger partial charge in [0.15, 0.2) is 0 Å². The summed E-state index contributed by atoms with van der Waals surface area (Å²) in [4.78, 5) is 3.28. The number of hydrogen-bond acceptors (Lipinski definition) is 0. The van der Waals surface area contributed by atoms with E-state index in [0.29, 0.717) is 0 Å². The van der Waals surface area contributed by atoms with E-state index in [1.807, 2.05) is 30.5 Å². The molecule has 3 nitrogen and oxygen atoms in total. The van der Waals surface area contributed by atoms with Crippen LogP contribution in [0.5, 0.6) is 0 Å². The second-order valence-electron chi connectivity index (χ2n) is 3.84. The van der Waals surface area contributed by atoms with Crippen LogP contribution in [0.4, 0.5) is 0 Å². The Morgan fingerprint density at radius 3 is 2.69 bits per heavy atom. The molecule has 0 aliphatic rings. The molecule has 0 radical (unpaired) electrons. The molecule has 1 N–H and O–H groups in total. The van der Waals surface area contributed by atoms with E-state index in [2.05, 4.69) is 45.7 Å². The molecule has 3 heteroatoms. The first kappa shape index (κ1) is 9.09. The van der Waals surface area contributed by atoms with E-state index in [1.165, 1.54) is 5.52 Å². The Kier molecular flexibility index (Phi) is 1.96. The highest BCUT2D eigenvalue weighted by molar-refractivity contribution is 5.65. The van der Waals surface area contributed by atoms with Gasteiger partial charge in [0.2, 0.25) is 5.52 Å². The van der Waals surface area contributed by atoms with Crippen molar-refractivity contribution in [1.29, 1.82) is 0 Å². The Labute approximate surface area is 93.6 Å². The van der Waals surface area contributed by atoms with Crippen LogP contribution < -0.4 is 9.55 Å². The topological polar surface area (TPSA) is 22.9 Å². The molecule has 0 bridgehead atoms. The van der Waals surface area contributed by atoms with Crippen LogP contribution in [0, 0.1) is 0 Å². The van der Waals surface area contributed by atoms with Gasteiger partial charge in [0.1, 0.15) is 5.69 Å². The molecule has 0 unspecified atom stereocenters. The maximum absolute atomic E-state index is 3.28. The summed E-state index contributed by atoms with van der Waals surface area (Å²) in [5, 5.41) is 0. The lowest BCUT2D eigenvalue weighted by atomic mass is 10.3. The summed E-state index contributed by atoms with van der Waals surface area (Å²) < 4.78 is 4.26. The fourth-order valence-corrected chi connectivity index (χ4v) is 1.97. The van der Waals surface area contributed by atoms with E-state index in [9.17, 15) is 0 Å². The second kappa shape index (κ2) is 3.45. The zero-order chi connectivity index (χ0) is 11.0. The Morgan fingerprint density at radius 1 is 1.06 bits per heavy atom. The average molecular weight is 211 g/mol. The second-order valence-corrected chi connectivity index (χ2v) is 3.84. The molecular weight excluding hydrogens is 198 g/mol. The number of nitrogens with zero attached hydrogens (tertiary/aromatic N) is 2. The molecule has 2 aromatic heterocycles. The number of aromatic amines is 1. The number of fused-ring (bicyclic) bond motifs is 1. The van der Waals surface area contributed by atoms with Gasteiger partial charge in [0.25, 0.3) is 6.33 Å². The predicted octanol–water partition coefficient (Wildman–Crippen LogP) is 1.27. The summed E-state index contributed by atoms with van der Waals surface area (Å²) in [6, 6.07) is 14.4. The van der Waals surface area contributed by atoms with Crippen molar-refractivity contribution in [3.8, 4) is 5.69 Å². The SMILES string of the molecule is C[n+]1cn(-c2ccccc2)c2[nH+]cccc21. The van der Waals surface area contributed by atoms with Crippen LogP contribution in [-0.4, -0.2) is 4.57 Å². The maximum Gasteiger partial charge on any atom is 0.335 e. The van der Waals surface area contributed by atoms with E-state index >= 15 is 0 Å². The summed E-state index contributed by atoms with van der Waals surface area (Å²) in [6.07, 6.45) is 4.03. The average Bonchev–Trinajstić information content (AvgIpc) is 2.69. The van der Waals surface area contributed by atoms with Crippen LogP contribution in [0.25, 0.3) is 16.9 Å². The molecule has 0 atom stereocenters. The maximum atomic E-state index is 3.28. The number of rotatable bonds is 1. The molecule has 2 heterocycles. The highest BCUT2D eigenvalue weighted by atomic mass is 15.2. The highest BCUT2D eigenvalue weighted by Gasteiger charge is 2.16. The zero-order valence-corrected chi connectivity index (χ0v) is 9.09. The Bertz CT molecular complexity index is 626. The summed E-state index contributed by atoms with van der Waals surface area (Å²) in [5.74, 6) is 0. The van der Waals surface area contributed by atoms with E-state index in [1.54, 1.807) is 0 Å². The van der Waals surface area contributed by atoms with Crippen molar-refractivity contribution in [3.63, 3.8) is 0 Å². The van der Waals surface area contributed by atoms with E-state index in [0.717, 1.165) is 11.3 Å². The van der Waals surface area contributed by atoms with Gasteiger partial charge in [-0.25, -0.2) is 9.55 Å². The van der Waals surface area contributed by atoms with Gasteiger partial charge in [0.05, 0.1) is 13.2 Å². The van der Waals surface area contributed by atoms with Crippen LogP contribution in [0.3, 0.4) is 0 Å². The lowest BCUT2D eigenvalue weighted by Gasteiger charge is -1.93. The number of nitrogens with one attached hydrogen (secondary N) is 1. The zero-order valence-electron chi connectivity index (χ0n) is 9.09. The van der Waals surface area contributed by atoms with Crippen molar-refractivity contribution in [3.05, 3.63) is 55.0 Å². The number of aromatic nitrogens is 3. The normalized spacial score (nSPS) is 10.8. The van der Waals surface area contributed by atoms with Gasteiger partial charge in [-0.2, -0.15) is 4.57 Å². The van der Waals surface area contributed by atoms with Gasteiger partial charge in [-0.05, 0) is 24.3 Å². The van der Waals surface area contributed by atoms with Gasteiger partial charge in [-0.3, -0.25) is 0 Å². The molecule has 78 valence electrons. The van der Waals surface area contributed by atoms with Gasteiger partial charge >= 0.3 is 5.65 Å². The quantitative estimate of drug-likeness (QED) is 0.541. The number of H-pyrrole nitrogens is 1. The molecule has 0 fully saturated rings. The molecule has 3 aromatic rings. The van der Waals surface area contributed by atoms with Gasteiger partial charge in [-0.15, -0.1) is 0 Å². The fourth-order valence-electron chi connectivity index (χ4n) is 1.97.